The first-order valence-corrected chi connectivity index (χ1v) is 12.0. The Morgan fingerprint density at radius 2 is 1.66 bits per heavy atom. The summed E-state index contributed by atoms with van der Waals surface area (Å²) >= 11 is 12.1. The lowest BCUT2D eigenvalue weighted by molar-refractivity contribution is -0.144. The first-order chi connectivity index (χ1) is 16.4. The number of aliphatic carboxylic acids is 1. The third-order valence-corrected chi connectivity index (χ3v) is 7.50. The molecule has 0 radical (unpaired) electrons. The molecule has 3 rings (SSSR count). The molecule has 3 atom stereocenters. The van der Waals surface area contributed by atoms with Crippen molar-refractivity contribution in [1.29, 1.82) is 0 Å². The lowest BCUT2D eigenvalue weighted by atomic mass is 9.52. The van der Waals surface area contributed by atoms with Crippen LogP contribution in [0.5, 0.6) is 0 Å². The van der Waals surface area contributed by atoms with Crippen LogP contribution in [0.2, 0.25) is 10.0 Å². The number of hydrogen-bond acceptors (Lipinski definition) is 4. The van der Waals surface area contributed by atoms with Gasteiger partial charge in [-0.25, -0.2) is 4.79 Å². The molecule has 2 aromatic carbocycles. The predicted molar refractivity (Wildman–Crippen MR) is 135 cm³/mol. The van der Waals surface area contributed by atoms with E-state index in [1.807, 2.05) is 13.8 Å². The smallest absolute Gasteiger partial charge is 0.326 e. The molecular weight excluding hydrogens is 491 g/mol. The standard InChI is InChI=1S/C26H28Cl2N2O5/c1-14(31)18-12-16(26(18,2)3)13-22(32)30-21(25(34)35)11-15-7-9-17(10-8-15)29-24(33)23-19(27)5-4-6-20(23)28/h4-10,16,18,21H,11-13H2,1-3H3,(H,29,33)(H,30,32)(H,34,35)/t16-,18+,21+/m1/s1. The van der Waals surface area contributed by atoms with Crippen LogP contribution in [0.15, 0.2) is 42.5 Å². The van der Waals surface area contributed by atoms with Crippen molar-refractivity contribution in [2.75, 3.05) is 5.32 Å². The summed E-state index contributed by atoms with van der Waals surface area (Å²) in [6.45, 7) is 5.50. The van der Waals surface area contributed by atoms with Gasteiger partial charge in [0.15, 0.2) is 0 Å². The van der Waals surface area contributed by atoms with Gasteiger partial charge in [0.05, 0.1) is 15.6 Å². The highest BCUT2D eigenvalue weighted by atomic mass is 35.5. The van der Waals surface area contributed by atoms with E-state index in [1.165, 1.54) is 0 Å². The molecule has 9 heteroatoms. The highest BCUT2D eigenvalue weighted by Crippen LogP contribution is 2.53. The average molecular weight is 519 g/mol. The molecule has 1 fully saturated rings. The summed E-state index contributed by atoms with van der Waals surface area (Å²) in [5.41, 5.74) is 1.04. The summed E-state index contributed by atoms with van der Waals surface area (Å²) in [7, 11) is 0. The second-order valence-electron chi connectivity index (χ2n) is 9.53. The fourth-order valence-electron chi connectivity index (χ4n) is 4.60. The molecule has 1 aliphatic carbocycles. The van der Waals surface area contributed by atoms with E-state index in [1.54, 1.807) is 49.4 Å². The van der Waals surface area contributed by atoms with Gasteiger partial charge in [-0.2, -0.15) is 0 Å². The van der Waals surface area contributed by atoms with E-state index in [2.05, 4.69) is 10.6 Å². The predicted octanol–water partition coefficient (Wildman–Crippen LogP) is 5.00. The van der Waals surface area contributed by atoms with Gasteiger partial charge < -0.3 is 15.7 Å². The third kappa shape index (κ3) is 6.21. The maximum atomic E-state index is 12.6. The molecule has 7 nitrogen and oxygen atoms in total. The summed E-state index contributed by atoms with van der Waals surface area (Å²) in [6.07, 6.45) is 0.895. The number of hydrogen-bond donors (Lipinski definition) is 3. The number of carbonyl (C=O) groups is 4. The Hall–Kier alpha value is -2.90. The van der Waals surface area contributed by atoms with E-state index < -0.39 is 17.9 Å². The molecule has 186 valence electrons. The number of amides is 2. The van der Waals surface area contributed by atoms with Crippen LogP contribution in [0.4, 0.5) is 5.69 Å². The highest BCUT2D eigenvalue weighted by molar-refractivity contribution is 6.40. The van der Waals surface area contributed by atoms with Crippen LogP contribution >= 0.6 is 23.2 Å². The number of benzene rings is 2. The fourth-order valence-corrected chi connectivity index (χ4v) is 5.17. The van der Waals surface area contributed by atoms with Crippen molar-refractivity contribution >= 4 is 52.5 Å². The minimum absolute atomic E-state index is 0.0281. The summed E-state index contributed by atoms with van der Waals surface area (Å²) < 4.78 is 0. The van der Waals surface area contributed by atoms with E-state index in [0.29, 0.717) is 17.7 Å². The maximum absolute atomic E-state index is 12.6. The second kappa shape index (κ2) is 10.8. The molecule has 35 heavy (non-hydrogen) atoms. The van der Waals surface area contributed by atoms with Crippen molar-refractivity contribution in [3.05, 3.63) is 63.6 Å². The van der Waals surface area contributed by atoms with Gasteiger partial charge in [-0.3, -0.25) is 14.4 Å². The summed E-state index contributed by atoms with van der Waals surface area (Å²) in [5, 5.41) is 15.4. The van der Waals surface area contributed by atoms with Crippen LogP contribution in [-0.2, 0) is 20.8 Å². The number of halogens is 2. The van der Waals surface area contributed by atoms with Gasteiger partial charge in [0, 0.05) is 24.4 Å². The normalized spacial score (nSPS) is 19.2. The van der Waals surface area contributed by atoms with E-state index in [-0.39, 0.29) is 57.4 Å². The van der Waals surface area contributed by atoms with Crippen molar-refractivity contribution in [2.24, 2.45) is 17.3 Å². The molecule has 1 saturated carbocycles. The van der Waals surface area contributed by atoms with Crippen molar-refractivity contribution < 1.29 is 24.3 Å². The van der Waals surface area contributed by atoms with Crippen LogP contribution in [0.25, 0.3) is 0 Å². The highest BCUT2D eigenvalue weighted by Gasteiger charge is 2.50. The first-order valence-electron chi connectivity index (χ1n) is 11.3. The Morgan fingerprint density at radius 3 is 2.17 bits per heavy atom. The van der Waals surface area contributed by atoms with E-state index >= 15 is 0 Å². The number of carboxylic acid groups (broad SMARTS) is 1. The number of rotatable bonds is 9. The van der Waals surface area contributed by atoms with Crippen molar-refractivity contribution in [2.45, 2.75) is 46.1 Å². The van der Waals surface area contributed by atoms with Crippen molar-refractivity contribution in [1.82, 2.24) is 5.32 Å². The number of nitrogens with one attached hydrogen (secondary N) is 2. The van der Waals surface area contributed by atoms with E-state index in [9.17, 15) is 24.3 Å². The van der Waals surface area contributed by atoms with Gasteiger partial charge >= 0.3 is 5.97 Å². The molecule has 2 amide bonds. The Morgan fingerprint density at radius 1 is 1.06 bits per heavy atom. The Bertz CT molecular complexity index is 1130. The molecule has 0 unspecified atom stereocenters. The quantitative estimate of drug-likeness (QED) is 0.432. The van der Waals surface area contributed by atoms with Gasteiger partial charge in [0.1, 0.15) is 11.8 Å². The van der Waals surface area contributed by atoms with Gasteiger partial charge in [-0.05, 0) is 54.5 Å². The molecule has 0 saturated heterocycles. The van der Waals surface area contributed by atoms with Gasteiger partial charge in [0.25, 0.3) is 5.91 Å². The zero-order valence-corrected chi connectivity index (χ0v) is 21.2. The number of Topliss-reactive ketones (excluding diaryl/α,β-unsaturated/α-hetero) is 1. The molecule has 0 spiro atoms. The van der Waals surface area contributed by atoms with Crippen LogP contribution < -0.4 is 10.6 Å². The van der Waals surface area contributed by atoms with Crippen LogP contribution in [0.1, 0.15) is 49.5 Å². The SMILES string of the molecule is CC(=O)[C@@H]1C[C@H](CC(=O)N[C@@H](Cc2ccc(NC(=O)c3c(Cl)cccc3Cl)cc2)C(=O)O)C1(C)C. The lowest BCUT2D eigenvalue weighted by Crippen LogP contribution is -2.51. The fraction of sp³-hybridized carbons (Fsp3) is 0.385. The van der Waals surface area contributed by atoms with Crippen LogP contribution in [0, 0.1) is 17.3 Å². The largest absolute Gasteiger partial charge is 0.480 e. The van der Waals surface area contributed by atoms with E-state index in [0.717, 1.165) is 0 Å². The topological polar surface area (TPSA) is 113 Å². The summed E-state index contributed by atoms with van der Waals surface area (Å²) in [6, 6.07) is 10.3. The number of carboxylic acids is 1. The number of carbonyl (C=O) groups excluding carboxylic acids is 3. The number of anilines is 1. The molecule has 1 aliphatic rings. The summed E-state index contributed by atoms with van der Waals surface area (Å²) in [4.78, 5) is 48.6. The monoisotopic (exact) mass is 518 g/mol. The van der Waals surface area contributed by atoms with Crippen LogP contribution in [0.3, 0.4) is 0 Å². The molecule has 0 bridgehead atoms. The molecule has 0 heterocycles. The lowest BCUT2D eigenvalue weighted by Gasteiger charge is -2.51. The third-order valence-electron chi connectivity index (χ3n) is 6.87. The molecular formula is C26H28Cl2N2O5. The molecule has 0 aromatic heterocycles. The second-order valence-corrected chi connectivity index (χ2v) is 10.3. The van der Waals surface area contributed by atoms with Crippen molar-refractivity contribution in [3.63, 3.8) is 0 Å². The Balaban J connectivity index is 1.58. The average Bonchev–Trinajstić information content (AvgIpc) is 2.76. The van der Waals surface area contributed by atoms with Gasteiger partial charge in [-0.1, -0.05) is 55.2 Å². The zero-order valence-electron chi connectivity index (χ0n) is 19.7. The van der Waals surface area contributed by atoms with Crippen LogP contribution in [-0.4, -0.2) is 34.7 Å². The minimum Gasteiger partial charge on any atom is -0.480 e. The maximum Gasteiger partial charge on any atom is 0.326 e. The minimum atomic E-state index is -1.14. The molecule has 3 N–H and O–H groups in total. The van der Waals surface area contributed by atoms with Crippen molar-refractivity contribution in [3.8, 4) is 0 Å². The van der Waals surface area contributed by atoms with Gasteiger partial charge in [-0.15, -0.1) is 0 Å². The summed E-state index contributed by atoms with van der Waals surface area (Å²) in [5.74, 6) is -1.87. The first kappa shape index (κ1) is 26.7. The van der Waals surface area contributed by atoms with E-state index in [4.69, 9.17) is 23.2 Å². The van der Waals surface area contributed by atoms with Gasteiger partial charge in [0.2, 0.25) is 5.91 Å². The zero-order chi connectivity index (χ0) is 25.9. The Labute approximate surface area is 214 Å². The molecule has 2 aromatic rings. The molecule has 0 aliphatic heterocycles. The number of ketones is 1. The Kier molecular flexibility index (Phi) is 8.23.